The summed E-state index contributed by atoms with van der Waals surface area (Å²) in [6.07, 6.45) is 0. The minimum atomic E-state index is -0.488. The summed E-state index contributed by atoms with van der Waals surface area (Å²) in [5, 5.41) is 0. The largest absolute Gasteiger partial charge is 2.00 e. The summed E-state index contributed by atoms with van der Waals surface area (Å²) in [4.78, 5) is 22.8. The molecule has 0 radical (unpaired) electrons. The molecule has 1 rings (SSSR count). The number of methoxy groups -OCH3 is 1. The molecule has 0 saturated heterocycles. The van der Waals surface area contributed by atoms with Gasteiger partial charge in [-0.15, -0.1) is 12.6 Å². The molecule has 0 aromatic heterocycles. The summed E-state index contributed by atoms with van der Waals surface area (Å²) in [5.74, 6) is -0.582. The van der Waals surface area contributed by atoms with Crippen molar-refractivity contribution in [2.75, 3.05) is 7.11 Å². The summed E-state index contributed by atoms with van der Waals surface area (Å²) in [6.45, 7) is 1.44. The number of carbonyl (C=O) groups is 2. The fourth-order valence-corrected chi connectivity index (χ4v) is 1.26. The molecule has 5 heteroatoms. The van der Waals surface area contributed by atoms with Crippen molar-refractivity contribution in [3.63, 3.8) is 0 Å². The molecule has 0 saturated carbocycles. The summed E-state index contributed by atoms with van der Waals surface area (Å²) >= 11 is 4.09. The van der Waals surface area contributed by atoms with Crippen LogP contribution >= 0.6 is 12.6 Å². The Labute approximate surface area is 106 Å². The van der Waals surface area contributed by atoms with E-state index in [0.29, 0.717) is 16.0 Å². The van der Waals surface area contributed by atoms with Crippen LogP contribution in [-0.4, -0.2) is 18.9 Å². The standard InChI is InChI=1S/C10H10O3S.Zn/c1-6(11)7-3-4-9(14)8(5-7)10(12)13-2;/h3-5,14H,1-2H3;/q;+2. The number of Topliss-reactive ketones (excluding diaryl/α,β-unsaturated/α-hetero) is 1. The van der Waals surface area contributed by atoms with Gasteiger partial charge < -0.3 is 4.74 Å². The molecule has 0 bridgehead atoms. The number of thiol groups is 1. The van der Waals surface area contributed by atoms with Gasteiger partial charge in [0.1, 0.15) is 0 Å². The molecule has 3 nitrogen and oxygen atoms in total. The van der Waals surface area contributed by atoms with Gasteiger partial charge in [0.15, 0.2) is 5.78 Å². The third kappa shape index (κ3) is 3.43. The number of esters is 1. The van der Waals surface area contributed by atoms with E-state index >= 15 is 0 Å². The van der Waals surface area contributed by atoms with Crippen molar-refractivity contribution in [3.8, 4) is 0 Å². The van der Waals surface area contributed by atoms with Gasteiger partial charge in [-0.05, 0) is 19.1 Å². The van der Waals surface area contributed by atoms with Crippen LogP contribution in [-0.2, 0) is 24.2 Å². The van der Waals surface area contributed by atoms with Crippen LogP contribution in [0.4, 0.5) is 0 Å². The van der Waals surface area contributed by atoms with Crippen molar-refractivity contribution in [3.05, 3.63) is 29.3 Å². The normalized spacial score (nSPS) is 9.00. The van der Waals surface area contributed by atoms with E-state index in [1.165, 1.54) is 20.1 Å². The molecule has 0 aliphatic rings. The molecule has 0 N–H and O–H groups in total. The molecule has 1 aromatic carbocycles. The Balaban J connectivity index is 0.00000196. The molecule has 1 aromatic rings. The average molecular weight is 276 g/mol. The molecule has 0 aliphatic carbocycles. The van der Waals surface area contributed by atoms with E-state index in [4.69, 9.17) is 0 Å². The first-order chi connectivity index (χ1) is 6.56. The predicted octanol–water partition coefficient (Wildman–Crippen LogP) is 1.96. The zero-order valence-electron chi connectivity index (χ0n) is 8.61. The van der Waals surface area contributed by atoms with Crippen LogP contribution in [0, 0.1) is 0 Å². The maximum Gasteiger partial charge on any atom is 2.00 e. The first-order valence-electron chi connectivity index (χ1n) is 3.98. The van der Waals surface area contributed by atoms with Crippen molar-refractivity contribution in [2.45, 2.75) is 11.8 Å². The number of benzene rings is 1. The second-order valence-electron chi connectivity index (χ2n) is 2.78. The van der Waals surface area contributed by atoms with E-state index in [2.05, 4.69) is 17.4 Å². The predicted molar refractivity (Wildman–Crippen MR) is 55.0 cm³/mol. The summed E-state index contributed by atoms with van der Waals surface area (Å²) in [5.41, 5.74) is 0.784. The quantitative estimate of drug-likeness (QED) is 0.388. The fraction of sp³-hybridized carbons (Fsp3) is 0.200. The number of ether oxygens (including phenoxy) is 1. The van der Waals surface area contributed by atoms with Gasteiger partial charge in [-0.2, -0.15) is 0 Å². The molecule has 15 heavy (non-hydrogen) atoms. The van der Waals surface area contributed by atoms with Crippen LogP contribution < -0.4 is 0 Å². The Morgan fingerprint density at radius 1 is 1.33 bits per heavy atom. The molecular weight excluding hydrogens is 266 g/mol. The molecular formula is C10H10O3SZn+2. The van der Waals surface area contributed by atoms with Crippen molar-refractivity contribution >= 4 is 24.4 Å². The SMILES string of the molecule is COC(=O)c1cc(C(C)=O)ccc1S.[Zn+2]. The Morgan fingerprint density at radius 2 is 1.93 bits per heavy atom. The maximum absolute atomic E-state index is 11.2. The summed E-state index contributed by atoms with van der Waals surface area (Å²) in [7, 11) is 1.29. The molecule has 0 aliphatic heterocycles. The van der Waals surface area contributed by atoms with Crippen molar-refractivity contribution in [1.82, 2.24) is 0 Å². The molecule has 0 atom stereocenters. The zero-order valence-corrected chi connectivity index (χ0v) is 12.5. The van der Waals surface area contributed by atoms with Gasteiger partial charge in [0.25, 0.3) is 0 Å². The van der Waals surface area contributed by atoms with Gasteiger partial charge in [0.05, 0.1) is 12.7 Å². The molecule has 0 heterocycles. The van der Waals surface area contributed by atoms with E-state index in [1.807, 2.05) is 0 Å². The maximum atomic E-state index is 11.2. The monoisotopic (exact) mass is 274 g/mol. The molecule has 0 unspecified atom stereocenters. The van der Waals surface area contributed by atoms with Gasteiger partial charge in [-0.3, -0.25) is 4.79 Å². The minimum absolute atomic E-state index is 0. The number of hydrogen-bond acceptors (Lipinski definition) is 4. The third-order valence-electron chi connectivity index (χ3n) is 1.81. The smallest absolute Gasteiger partial charge is 0.465 e. The number of ketones is 1. The first-order valence-corrected chi connectivity index (χ1v) is 4.43. The van der Waals surface area contributed by atoms with Gasteiger partial charge in [-0.1, -0.05) is 6.07 Å². The fourth-order valence-electron chi connectivity index (χ4n) is 1.03. The van der Waals surface area contributed by atoms with Crippen molar-refractivity contribution < 1.29 is 33.8 Å². The molecule has 0 amide bonds. The van der Waals surface area contributed by atoms with Crippen LogP contribution in [0.5, 0.6) is 0 Å². The second kappa shape index (κ2) is 6.03. The van der Waals surface area contributed by atoms with Gasteiger partial charge in [0, 0.05) is 10.5 Å². The minimum Gasteiger partial charge on any atom is -0.465 e. The van der Waals surface area contributed by atoms with Gasteiger partial charge in [-0.25, -0.2) is 4.79 Å². The number of rotatable bonds is 2. The molecule has 0 spiro atoms. The van der Waals surface area contributed by atoms with Crippen LogP contribution in [0.2, 0.25) is 0 Å². The van der Waals surface area contributed by atoms with Gasteiger partial charge in [0.2, 0.25) is 0 Å². The van der Waals surface area contributed by atoms with Crippen molar-refractivity contribution in [2.24, 2.45) is 0 Å². The number of carbonyl (C=O) groups excluding carboxylic acids is 2. The van der Waals surface area contributed by atoms with E-state index < -0.39 is 5.97 Å². The Morgan fingerprint density at radius 3 is 2.40 bits per heavy atom. The zero-order chi connectivity index (χ0) is 10.7. The first kappa shape index (κ1) is 14.3. The topological polar surface area (TPSA) is 43.4 Å². The van der Waals surface area contributed by atoms with E-state index in [1.54, 1.807) is 12.1 Å². The summed E-state index contributed by atoms with van der Waals surface area (Å²) in [6, 6.07) is 4.71. The van der Waals surface area contributed by atoms with Gasteiger partial charge >= 0.3 is 25.4 Å². The average Bonchev–Trinajstić information content (AvgIpc) is 2.17. The van der Waals surface area contributed by atoms with Crippen LogP contribution in [0.15, 0.2) is 23.1 Å². The van der Waals surface area contributed by atoms with Crippen LogP contribution in [0.25, 0.3) is 0 Å². The van der Waals surface area contributed by atoms with E-state index in [-0.39, 0.29) is 25.3 Å². The van der Waals surface area contributed by atoms with E-state index in [0.717, 1.165) is 0 Å². The molecule has 74 valence electrons. The van der Waals surface area contributed by atoms with E-state index in [9.17, 15) is 9.59 Å². The molecule has 0 fully saturated rings. The van der Waals surface area contributed by atoms with Crippen LogP contribution in [0.3, 0.4) is 0 Å². The van der Waals surface area contributed by atoms with Crippen molar-refractivity contribution in [1.29, 1.82) is 0 Å². The summed E-state index contributed by atoms with van der Waals surface area (Å²) < 4.78 is 4.55. The second-order valence-corrected chi connectivity index (χ2v) is 3.26. The Kier molecular flexibility index (Phi) is 5.77. The Bertz CT molecular complexity index is 390. The van der Waals surface area contributed by atoms with Crippen LogP contribution in [0.1, 0.15) is 27.6 Å². The number of hydrogen-bond donors (Lipinski definition) is 1. The third-order valence-corrected chi connectivity index (χ3v) is 2.20. The Hall–Kier alpha value is -0.667.